The van der Waals surface area contributed by atoms with Crippen molar-refractivity contribution in [2.24, 2.45) is 5.16 Å². The first-order chi connectivity index (χ1) is 17.8. The number of carbonyl (C=O) groups is 4. The Labute approximate surface area is 220 Å². The van der Waals surface area contributed by atoms with Gasteiger partial charge in [-0.3, -0.25) is 19.3 Å². The van der Waals surface area contributed by atoms with Gasteiger partial charge in [0.05, 0.1) is 4.70 Å². The molecule has 3 aromatic rings. The van der Waals surface area contributed by atoms with Crippen LogP contribution in [-0.2, 0) is 25.8 Å². The molecule has 0 spiro atoms. The van der Waals surface area contributed by atoms with Crippen molar-refractivity contribution in [3.05, 3.63) is 45.8 Å². The van der Waals surface area contributed by atoms with Gasteiger partial charge in [0.2, 0.25) is 0 Å². The number of rotatable bonds is 8. The third-order valence-corrected chi connectivity index (χ3v) is 8.55. The lowest BCUT2D eigenvalue weighted by Crippen LogP contribution is -2.71. The maximum absolute atomic E-state index is 13.0. The van der Waals surface area contributed by atoms with E-state index in [9.17, 15) is 24.3 Å². The number of nitrogen functional groups attached to an aromatic ring is 1. The smallest absolute Gasteiger partial charge is 0.352 e. The Bertz CT molecular complexity index is 1510. The van der Waals surface area contributed by atoms with E-state index in [0.29, 0.717) is 28.1 Å². The molecule has 2 amide bonds. The lowest BCUT2D eigenvalue weighted by atomic mass is 10.0. The molecule has 190 valence electrons. The van der Waals surface area contributed by atoms with Crippen LogP contribution >= 0.6 is 34.4 Å². The van der Waals surface area contributed by atoms with E-state index in [1.807, 2.05) is 0 Å². The second-order valence-electron chi connectivity index (χ2n) is 7.85. The van der Waals surface area contributed by atoms with E-state index in [0.717, 1.165) is 16.0 Å². The SMILES string of the molecule is CO/N=C(\C(=O)NC1C(=O)N2C(C(=O)O)=C(C[n+]3ccc4sc(C=O)nc4c3)CS[C@H]12)c1csc(N)n1. The molecule has 16 heteroatoms. The van der Waals surface area contributed by atoms with Gasteiger partial charge in [0.15, 0.2) is 41.1 Å². The van der Waals surface area contributed by atoms with E-state index in [1.54, 1.807) is 23.0 Å². The number of carbonyl (C=O) groups excluding carboxylic acids is 3. The van der Waals surface area contributed by atoms with Gasteiger partial charge in [-0.1, -0.05) is 5.16 Å². The molecule has 13 nitrogen and oxygen atoms in total. The summed E-state index contributed by atoms with van der Waals surface area (Å²) in [6.45, 7) is 0.210. The van der Waals surface area contributed by atoms with E-state index >= 15 is 0 Å². The summed E-state index contributed by atoms with van der Waals surface area (Å²) in [5, 5.41) is 17.8. The number of thioether (sulfide) groups is 1. The van der Waals surface area contributed by atoms with E-state index in [1.165, 1.54) is 40.5 Å². The first-order valence-electron chi connectivity index (χ1n) is 10.6. The van der Waals surface area contributed by atoms with E-state index < -0.39 is 29.2 Å². The van der Waals surface area contributed by atoms with Gasteiger partial charge in [0, 0.05) is 22.8 Å². The van der Waals surface area contributed by atoms with Crippen LogP contribution < -0.4 is 15.6 Å². The summed E-state index contributed by atoms with van der Waals surface area (Å²) < 4.78 is 2.59. The van der Waals surface area contributed by atoms with Crippen molar-refractivity contribution in [2.75, 3.05) is 18.6 Å². The number of aromatic nitrogens is 3. The molecule has 2 aliphatic rings. The molecule has 2 aliphatic heterocycles. The van der Waals surface area contributed by atoms with Crippen molar-refractivity contribution in [1.82, 2.24) is 20.2 Å². The number of pyridine rings is 1. The Morgan fingerprint density at radius 3 is 2.92 bits per heavy atom. The highest BCUT2D eigenvalue weighted by Gasteiger charge is 2.54. The second kappa shape index (κ2) is 9.87. The highest BCUT2D eigenvalue weighted by atomic mass is 32.2. The number of oxime groups is 1. The molecule has 0 radical (unpaired) electrons. The molecule has 0 bridgehead atoms. The number of aliphatic carboxylic acids is 1. The van der Waals surface area contributed by atoms with E-state index in [2.05, 4.69) is 20.4 Å². The average molecular weight is 561 g/mol. The third-order valence-electron chi connectivity index (χ3n) is 5.58. The van der Waals surface area contributed by atoms with Crippen molar-refractivity contribution < 1.29 is 33.7 Å². The average Bonchev–Trinajstić information content (AvgIpc) is 3.50. The molecule has 0 aliphatic carbocycles. The minimum Gasteiger partial charge on any atom is -0.477 e. The number of thiazole rings is 2. The molecule has 4 N–H and O–H groups in total. The Morgan fingerprint density at radius 2 is 2.24 bits per heavy atom. The van der Waals surface area contributed by atoms with Gasteiger partial charge >= 0.3 is 5.97 Å². The van der Waals surface area contributed by atoms with Crippen molar-refractivity contribution in [3.8, 4) is 0 Å². The molecule has 1 unspecified atom stereocenters. The maximum Gasteiger partial charge on any atom is 0.352 e. The van der Waals surface area contributed by atoms with Gasteiger partial charge in [-0.2, -0.15) is 4.57 Å². The monoisotopic (exact) mass is 560 g/mol. The van der Waals surface area contributed by atoms with E-state index in [-0.39, 0.29) is 28.8 Å². The largest absolute Gasteiger partial charge is 0.477 e. The number of aldehydes is 1. The summed E-state index contributed by atoms with van der Waals surface area (Å²) in [7, 11) is 1.27. The normalized spacial score (nSPS) is 19.4. The number of hydrogen-bond donors (Lipinski definition) is 3. The molecule has 5 heterocycles. The van der Waals surface area contributed by atoms with Gasteiger partial charge in [-0.05, 0) is 0 Å². The molecule has 1 fully saturated rings. The fourth-order valence-electron chi connectivity index (χ4n) is 4.01. The van der Waals surface area contributed by atoms with Crippen LogP contribution in [0.25, 0.3) is 10.2 Å². The highest BCUT2D eigenvalue weighted by molar-refractivity contribution is 8.00. The Balaban J connectivity index is 1.36. The summed E-state index contributed by atoms with van der Waals surface area (Å²) >= 11 is 3.72. The number of carboxylic acid groups (broad SMARTS) is 1. The van der Waals surface area contributed by atoms with Crippen LogP contribution in [0.2, 0.25) is 0 Å². The number of nitrogens with two attached hydrogens (primary N) is 1. The standard InChI is InChI=1S/C21H17N7O6S3/c1-34-26-14(11-8-36-21(22)24-11)17(30)25-15-18(31)28-16(20(32)33)9(7-35-19(15)28)4-27-3-2-12-10(5-27)23-13(6-29)37-12/h2-3,5-6,8,15,19H,4,7H2,1H3,(H3-,22,24,25,30,32,33)/p+1/b26-14-/t15?,19-/m1/s1. The summed E-state index contributed by atoms with van der Waals surface area (Å²) in [4.78, 5) is 63.3. The number of nitrogens with one attached hydrogen (secondary N) is 1. The minimum absolute atomic E-state index is 0.114. The van der Waals surface area contributed by atoms with Crippen LogP contribution in [0.3, 0.4) is 0 Å². The van der Waals surface area contributed by atoms with Crippen molar-refractivity contribution in [1.29, 1.82) is 0 Å². The summed E-state index contributed by atoms with van der Waals surface area (Å²) in [6, 6.07) is 0.849. The van der Waals surface area contributed by atoms with Crippen LogP contribution in [0.5, 0.6) is 0 Å². The number of amides is 2. The number of nitrogens with zero attached hydrogens (tertiary/aromatic N) is 5. The van der Waals surface area contributed by atoms with Crippen molar-refractivity contribution in [3.63, 3.8) is 0 Å². The van der Waals surface area contributed by atoms with Crippen molar-refractivity contribution >= 4 is 79.6 Å². The molecule has 1 saturated heterocycles. The summed E-state index contributed by atoms with van der Waals surface area (Å²) in [5.74, 6) is -2.16. The second-order valence-corrected chi connectivity index (χ2v) is 10.9. The number of β-lactam (4-membered cyclic amide) rings is 1. The summed E-state index contributed by atoms with van der Waals surface area (Å²) in [5.41, 5.74) is 6.73. The van der Waals surface area contributed by atoms with Crippen LogP contribution in [0, 0.1) is 0 Å². The fourth-order valence-corrected chi connectivity index (χ4v) is 6.65. The van der Waals surface area contributed by atoms with Gasteiger partial charge in [-0.15, -0.1) is 34.4 Å². The Morgan fingerprint density at radius 1 is 1.43 bits per heavy atom. The Hall–Kier alpha value is -3.89. The lowest BCUT2D eigenvalue weighted by Gasteiger charge is -2.49. The zero-order chi connectivity index (χ0) is 26.3. The molecule has 3 aromatic heterocycles. The third kappa shape index (κ3) is 4.54. The molecule has 0 aromatic carbocycles. The maximum atomic E-state index is 13.0. The predicted octanol–water partition coefficient (Wildman–Crippen LogP) is 0.224. The molecule has 5 rings (SSSR count). The predicted molar refractivity (Wildman–Crippen MR) is 135 cm³/mol. The van der Waals surface area contributed by atoms with Crippen molar-refractivity contribution in [2.45, 2.75) is 18.0 Å². The van der Waals surface area contributed by atoms with Crippen LogP contribution in [0.1, 0.15) is 15.5 Å². The first-order valence-corrected chi connectivity index (χ1v) is 13.3. The number of fused-ring (bicyclic) bond motifs is 2. The highest BCUT2D eigenvalue weighted by Crippen LogP contribution is 2.40. The van der Waals surface area contributed by atoms with Crippen LogP contribution in [-0.4, -0.2) is 74.0 Å². The van der Waals surface area contributed by atoms with Gasteiger partial charge in [-0.25, -0.2) is 14.8 Å². The molecule has 37 heavy (non-hydrogen) atoms. The summed E-state index contributed by atoms with van der Waals surface area (Å²) in [6.07, 6.45) is 4.17. The topological polar surface area (TPSA) is 181 Å². The first kappa shape index (κ1) is 24.8. The Kier molecular flexibility index (Phi) is 6.61. The number of hydrogen-bond acceptors (Lipinski definition) is 12. The molecular formula is C21H18N7O6S3+. The van der Waals surface area contributed by atoms with Crippen LogP contribution in [0.4, 0.5) is 5.13 Å². The zero-order valence-electron chi connectivity index (χ0n) is 19.0. The molecular weight excluding hydrogens is 542 g/mol. The number of anilines is 1. The van der Waals surface area contributed by atoms with Gasteiger partial charge in [0.25, 0.3) is 11.8 Å². The minimum atomic E-state index is -1.24. The van der Waals surface area contributed by atoms with Crippen LogP contribution in [0.15, 0.2) is 40.3 Å². The fraction of sp³-hybridized carbons (Fsp3) is 0.238. The molecule has 2 atom stereocenters. The quantitative estimate of drug-likeness (QED) is 0.113. The molecule has 0 saturated carbocycles. The van der Waals surface area contributed by atoms with E-state index in [4.69, 9.17) is 10.6 Å². The van der Waals surface area contributed by atoms with Gasteiger partial charge < -0.3 is 21.0 Å². The van der Waals surface area contributed by atoms with Gasteiger partial charge in [0.1, 0.15) is 35.4 Å². The zero-order valence-corrected chi connectivity index (χ0v) is 21.4. The lowest BCUT2D eigenvalue weighted by molar-refractivity contribution is -0.687. The number of carboxylic acids is 1.